The van der Waals surface area contributed by atoms with Crippen LogP contribution in [-0.2, 0) is 19.1 Å². The number of ether oxygens (including phenoxy) is 1. The number of rotatable bonds is 15. The van der Waals surface area contributed by atoms with Gasteiger partial charge in [0.15, 0.2) is 0 Å². The minimum Gasteiger partial charge on any atom is -0.465 e. The van der Waals surface area contributed by atoms with E-state index in [-0.39, 0.29) is 43.0 Å². The van der Waals surface area contributed by atoms with Crippen molar-refractivity contribution in [3.8, 4) is 0 Å². The van der Waals surface area contributed by atoms with Crippen LogP contribution < -0.4 is 0 Å². The first-order valence-corrected chi connectivity index (χ1v) is 15.2. The third kappa shape index (κ3) is 5.45. The Hall–Kier alpha value is -1.80. The van der Waals surface area contributed by atoms with E-state index in [4.69, 9.17) is 4.74 Å². The van der Waals surface area contributed by atoms with Gasteiger partial charge in [0.05, 0.1) is 35.8 Å². The highest BCUT2D eigenvalue weighted by Gasteiger charge is 2.78. The Balaban J connectivity index is 2.07. The molecule has 3 fully saturated rings. The molecule has 7 nitrogen and oxygen atoms in total. The van der Waals surface area contributed by atoms with Crippen molar-refractivity contribution in [2.24, 2.45) is 17.8 Å². The molecule has 3 unspecified atom stereocenters. The molecule has 2 amide bonds. The molecule has 3 aliphatic rings. The number of fused-ring (bicyclic) bond motifs is 1. The lowest BCUT2D eigenvalue weighted by atomic mass is 9.66. The summed E-state index contributed by atoms with van der Waals surface area (Å²) in [5.41, 5.74) is 0. The molecule has 0 aliphatic carbocycles. The van der Waals surface area contributed by atoms with Crippen LogP contribution in [0.4, 0.5) is 0 Å². The highest BCUT2D eigenvalue weighted by atomic mass is 32.2. The van der Waals surface area contributed by atoms with Crippen molar-refractivity contribution in [1.82, 2.24) is 9.80 Å². The Kier molecular flexibility index (Phi) is 10.2. The summed E-state index contributed by atoms with van der Waals surface area (Å²) in [4.78, 5) is 45.9. The van der Waals surface area contributed by atoms with E-state index in [1.165, 1.54) is 0 Å². The van der Waals surface area contributed by atoms with Gasteiger partial charge in [0.25, 0.3) is 0 Å². The van der Waals surface area contributed by atoms with Gasteiger partial charge in [-0.05, 0) is 58.3 Å². The van der Waals surface area contributed by atoms with Crippen molar-refractivity contribution in [2.75, 3.05) is 19.8 Å². The van der Waals surface area contributed by atoms with Crippen LogP contribution in [0.2, 0.25) is 0 Å². The van der Waals surface area contributed by atoms with Crippen molar-refractivity contribution in [3.63, 3.8) is 0 Å². The van der Waals surface area contributed by atoms with Gasteiger partial charge in [0.1, 0.15) is 6.04 Å². The van der Waals surface area contributed by atoms with Gasteiger partial charge in [0.2, 0.25) is 11.8 Å². The first-order chi connectivity index (χ1) is 18.0. The van der Waals surface area contributed by atoms with Gasteiger partial charge in [-0.2, -0.15) is 0 Å². The Morgan fingerprint density at radius 2 is 1.97 bits per heavy atom. The number of nitrogens with zero attached hydrogens (tertiary/aromatic N) is 2. The molecule has 38 heavy (non-hydrogen) atoms. The van der Waals surface area contributed by atoms with Crippen LogP contribution in [-0.4, -0.2) is 80.1 Å². The first kappa shape index (κ1) is 30.7. The fourth-order valence-electron chi connectivity index (χ4n) is 7.06. The number of allylic oxidation sites excluding steroid dienone is 1. The minimum atomic E-state index is -0.736. The summed E-state index contributed by atoms with van der Waals surface area (Å²) in [7, 11) is 0. The van der Waals surface area contributed by atoms with Crippen molar-refractivity contribution in [1.29, 1.82) is 0 Å². The van der Waals surface area contributed by atoms with E-state index in [2.05, 4.69) is 40.9 Å². The van der Waals surface area contributed by atoms with Crippen LogP contribution in [0, 0.1) is 17.8 Å². The summed E-state index contributed by atoms with van der Waals surface area (Å²) in [6, 6.07) is -1.24. The van der Waals surface area contributed by atoms with E-state index in [1.807, 2.05) is 11.8 Å². The third-order valence-electron chi connectivity index (χ3n) is 8.69. The Bertz CT molecular complexity index is 909. The minimum absolute atomic E-state index is 0.0135. The van der Waals surface area contributed by atoms with Gasteiger partial charge >= 0.3 is 5.97 Å². The van der Waals surface area contributed by atoms with Crippen molar-refractivity contribution in [2.45, 2.75) is 107 Å². The fraction of sp³-hybridized carbons (Fsp3) is 0.767. The number of carbonyl (C=O) groups is 3. The van der Waals surface area contributed by atoms with Gasteiger partial charge in [-0.25, -0.2) is 0 Å². The average molecular weight is 549 g/mol. The number of hydrogen-bond donors (Lipinski definition) is 1. The standard InChI is InChI=1S/C30H48N2O5S/c1-8-11-12-17-37-28(36)24-23-26(34)32(22(19-33)18-20(4)5)25(30(23)15-14-29(24,7)38-30)27(35)31(16-10-3)21(6)13-9-2/h8,10,20-25,33H,1,3,9,11-19H2,2,4-7H3/t21?,22-,23+,24-,25?,29+,30?/m1/s1. The number of carbonyl (C=O) groups excluding carboxylic acids is 3. The van der Waals surface area contributed by atoms with Crippen molar-refractivity contribution >= 4 is 29.5 Å². The number of unbranched alkanes of at least 4 members (excludes halogenated alkanes) is 1. The maximum atomic E-state index is 14.5. The number of hydrogen-bond acceptors (Lipinski definition) is 6. The van der Waals surface area contributed by atoms with Gasteiger partial charge in [0, 0.05) is 17.3 Å². The van der Waals surface area contributed by atoms with E-state index in [1.54, 1.807) is 28.8 Å². The average Bonchev–Trinajstić information content (AvgIpc) is 3.44. The maximum Gasteiger partial charge on any atom is 0.311 e. The highest BCUT2D eigenvalue weighted by molar-refractivity contribution is 8.02. The molecule has 8 heteroatoms. The van der Waals surface area contributed by atoms with E-state index < -0.39 is 33.4 Å². The number of likely N-dealkylation sites (tertiary alicyclic amines) is 1. The number of thioether (sulfide) groups is 1. The van der Waals surface area contributed by atoms with Crippen LogP contribution in [0.5, 0.6) is 0 Å². The molecule has 0 radical (unpaired) electrons. The first-order valence-electron chi connectivity index (χ1n) is 14.3. The lowest BCUT2D eigenvalue weighted by molar-refractivity contribution is -0.156. The summed E-state index contributed by atoms with van der Waals surface area (Å²) in [6.45, 7) is 18.4. The molecule has 3 heterocycles. The van der Waals surface area contributed by atoms with E-state index in [9.17, 15) is 19.5 Å². The topological polar surface area (TPSA) is 87.1 Å². The zero-order chi connectivity index (χ0) is 28.3. The second-order valence-corrected chi connectivity index (χ2v) is 13.9. The second-order valence-electron chi connectivity index (χ2n) is 12.0. The van der Waals surface area contributed by atoms with Gasteiger partial charge < -0.3 is 19.6 Å². The zero-order valence-corrected chi connectivity index (χ0v) is 24.8. The van der Waals surface area contributed by atoms with Gasteiger partial charge in [-0.1, -0.05) is 39.3 Å². The van der Waals surface area contributed by atoms with Crippen LogP contribution in [0.1, 0.15) is 79.6 Å². The van der Waals surface area contributed by atoms with Crippen LogP contribution in [0.25, 0.3) is 0 Å². The molecule has 3 aliphatic heterocycles. The quantitative estimate of drug-likeness (QED) is 0.183. The summed E-state index contributed by atoms with van der Waals surface area (Å²) >= 11 is 1.65. The smallest absolute Gasteiger partial charge is 0.311 e. The van der Waals surface area contributed by atoms with E-state index >= 15 is 0 Å². The number of amides is 2. The van der Waals surface area contributed by atoms with Crippen LogP contribution in [0.15, 0.2) is 25.3 Å². The lowest BCUT2D eigenvalue weighted by Gasteiger charge is -2.41. The third-order valence-corrected chi connectivity index (χ3v) is 10.7. The molecule has 1 N–H and O–H groups in total. The monoisotopic (exact) mass is 548 g/mol. The summed E-state index contributed by atoms with van der Waals surface area (Å²) < 4.78 is 4.52. The van der Waals surface area contributed by atoms with E-state index in [0.717, 1.165) is 25.7 Å². The number of aliphatic hydroxyl groups is 1. The molecular formula is C30H48N2O5S. The fourth-order valence-corrected chi connectivity index (χ4v) is 9.39. The molecule has 7 atom stereocenters. The number of esters is 1. The molecule has 0 aromatic heterocycles. The summed E-state index contributed by atoms with van der Waals surface area (Å²) in [5.74, 6) is -1.65. The normalized spacial score (nSPS) is 31.3. The maximum absolute atomic E-state index is 14.5. The molecule has 2 bridgehead atoms. The van der Waals surface area contributed by atoms with Gasteiger partial charge in [-0.15, -0.1) is 24.9 Å². The molecule has 0 aromatic rings. The molecular weight excluding hydrogens is 500 g/mol. The molecule has 0 saturated carbocycles. The molecule has 0 aromatic carbocycles. The van der Waals surface area contributed by atoms with E-state index in [0.29, 0.717) is 25.8 Å². The largest absolute Gasteiger partial charge is 0.465 e. The predicted molar refractivity (Wildman–Crippen MR) is 153 cm³/mol. The van der Waals surface area contributed by atoms with Crippen molar-refractivity contribution < 1.29 is 24.2 Å². The van der Waals surface area contributed by atoms with Crippen LogP contribution >= 0.6 is 11.8 Å². The molecule has 3 rings (SSSR count). The molecule has 214 valence electrons. The van der Waals surface area contributed by atoms with Crippen LogP contribution in [0.3, 0.4) is 0 Å². The van der Waals surface area contributed by atoms with Crippen molar-refractivity contribution in [3.05, 3.63) is 25.3 Å². The summed E-state index contributed by atoms with van der Waals surface area (Å²) in [5, 5.41) is 10.5. The zero-order valence-electron chi connectivity index (χ0n) is 24.0. The Labute approximate surface area is 233 Å². The molecule has 1 spiro atoms. The summed E-state index contributed by atoms with van der Waals surface area (Å²) in [6.07, 6.45) is 8.76. The lowest BCUT2D eigenvalue weighted by Crippen LogP contribution is -2.59. The van der Waals surface area contributed by atoms with Gasteiger partial charge in [-0.3, -0.25) is 14.4 Å². The highest BCUT2D eigenvalue weighted by Crippen LogP contribution is 2.72. The molecule has 3 saturated heterocycles. The number of aliphatic hydroxyl groups excluding tert-OH is 1. The Morgan fingerprint density at radius 3 is 2.55 bits per heavy atom. The predicted octanol–water partition coefficient (Wildman–Crippen LogP) is 4.59. The Morgan fingerprint density at radius 1 is 1.26 bits per heavy atom. The SMILES string of the molecule is C=CCCCOC(=O)[C@H]1[C@H]2C(=O)N([C@@H](CO)CC(C)C)C(C(=O)N(CC=C)C(C)CCC)C23CC[C@]1(C)S3. The second kappa shape index (κ2) is 12.6.